The van der Waals surface area contributed by atoms with E-state index in [4.69, 9.17) is 0 Å². The second-order valence-corrected chi connectivity index (χ2v) is 7.78. The fourth-order valence-electron chi connectivity index (χ4n) is 5.21. The molecule has 3 saturated carbocycles. The van der Waals surface area contributed by atoms with Crippen LogP contribution in [0.25, 0.3) is 0 Å². The summed E-state index contributed by atoms with van der Waals surface area (Å²) in [5.74, 6) is 3.77. The number of nitrogens with zero attached hydrogens (tertiary/aromatic N) is 1. The van der Waals surface area contributed by atoms with Gasteiger partial charge in [-0.25, -0.2) is 0 Å². The summed E-state index contributed by atoms with van der Waals surface area (Å²) in [6.45, 7) is 8.11. The lowest BCUT2D eigenvalue weighted by molar-refractivity contribution is -0.132. The maximum absolute atomic E-state index is 12.7. The minimum absolute atomic E-state index is 0.248. The molecule has 1 saturated heterocycles. The van der Waals surface area contributed by atoms with Gasteiger partial charge in [0.15, 0.2) is 0 Å². The number of carbonyl (C=O) groups excluding carboxylic acids is 1. The molecule has 4 heteroatoms. The van der Waals surface area contributed by atoms with E-state index in [-0.39, 0.29) is 11.4 Å². The first kappa shape index (κ1) is 13.1. The molecule has 1 aliphatic heterocycles. The number of hydrogen-bond acceptors (Lipinski definition) is 3. The summed E-state index contributed by atoms with van der Waals surface area (Å²) >= 11 is 0. The normalized spacial score (nSPS) is 43.4. The zero-order valence-corrected chi connectivity index (χ0v) is 12.7. The first-order chi connectivity index (χ1) is 9.59. The molecule has 3 aliphatic carbocycles. The molecule has 4 aliphatic rings. The molecule has 2 N–H and O–H groups in total. The molecule has 0 radical (unpaired) electrons. The van der Waals surface area contributed by atoms with Crippen LogP contribution in [-0.2, 0) is 4.79 Å². The maximum Gasteiger partial charge on any atom is 0.240 e. The third kappa shape index (κ3) is 1.84. The predicted octanol–water partition coefficient (Wildman–Crippen LogP) is 0.831. The van der Waals surface area contributed by atoms with Crippen molar-refractivity contribution in [1.29, 1.82) is 0 Å². The van der Waals surface area contributed by atoms with Crippen molar-refractivity contribution in [2.75, 3.05) is 26.2 Å². The summed E-state index contributed by atoms with van der Waals surface area (Å²) in [5.41, 5.74) is -0.363. The first-order valence-corrected chi connectivity index (χ1v) is 8.36. The topological polar surface area (TPSA) is 44.4 Å². The van der Waals surface area contributed by atoms with Gasteiger partial charge in [-0.1, -0.05) is 0 Å². The molecule has 0 spiro atoms. The molecule has 4 fully saturated rings. The summed E-state index contributed by atoms with van der Waals surface area (Å²) in [4.78, 5) is 15.0. The Bertz CT molecular complexity index is 400. The van der Waals surface area contributed by atoms with Crippen LogP contribution in [0.15, 0.2) is 0 Å². The molecular weight excluding hydrogens is 250 g/mol. The fourth-order valence-corrected chi connectivity index (χ4v) is 5.21. The van der Waals surface area contributed by atoms with E-state index in [9.17, 15) is 4.79 Å². The summed E-state index contributed by atoms with van der Waals surface area (Å²) in [7, 11) is 0. The second-order valence-electron chi connectivity index (χ2n) is 7.78. The molecule has 4 nitrogen and oxygen atoms in total. The highest BCUT2D eigenvalue weighted by Crippen LogP contribution is 2.65. The summed E-state index contributed by atoms with van der Waals surface area (Å²) in [5, 5.41) is 6.75. The van der Waals surface area contributed by atoms with Gasteiger partial charge in [0.25, 0.3) is 0 Å². The van der Waals surface area contributed by atoms with Crippen molar-refractivity contribution in [1.82, 2.24) is 15.5 Å². The molecule has 2 bridgehead atoms. The van der Waals surface area contributed by atoms with Crippen LogP contribution < -0.4 is 10.6 Å². The quantitative estimate of drug-likeness (QED) is 0.803. The summed E-state index contributed by atoms with van der Waals surface area (Å²) in [6, 6.07) is 0.510. The van der Waals surface area contributed by atoms with Gasteiger partial charge in [-0.15, -0.1) is 0 Å². The lowest BCUT2D eigenvalue weighted by Crippen LogP contribution is -2.60. The van der Waals surface area contributed by atoms with Gasteiger partial charge in [0.05, 0.1) is 5.54 Å². The first-order valence-electron chi connectivity index (χ1n) is 8.36. The Labute approximate surface area is 121 Å². The third-order valence-electron chi connectivity index (χ3n) is 6.50. The minimum atomic E-state index is -0.363. The van der Waals surface area contributed by atoms with Crippen LogP contribution in [0.5, 0.6) is 0 Å². The predicted molar refractivity (Wildman–Crippen MR) is 78.3 cm³/mol. The van der Waals surface area contributed by atoms with Crippen LogP contribution in [0.1, 0.15) is 33.1 Å². The standard InChI is InChI=1S/C16H27N3O/c1-16(2,19-7-5-17-6-8-19)15(20)18-14-12-10-3-4-11(9-10)13(12)14/h10-14,17H,3-9H2,1-2H3,(H,18,20). The van der Waals surface area contributed by atoms with E-state index in [0.29, 0.717) is 6.04 Å². The molecule has 4 unspecified atom stereocenters. The summed E-state index contributed by atoms with van der Waals surface area (Å²) in [6.07, 6.45) is 4.28. The van der Waals surface area contributed by atoms with Gasteiger partial charge in [-0.3, -0.25) is 9.69 Å². The highest BCUT2D eigenvalue weighted by molar-refractivity contribution is 5.86. The smallest absolute Gasteiger partial charge is 0.240 e. The lowest BCUT2D eigenvalue weighted by atomic mass is 9.99. The van der Waals surface area contributed by atoms with E-state index in [1.54, 1.807) is 0 Å². The molecule has 0 aromatic rings. The fraction of sp³-hybridized carbons (Fsp3) is 0.938. The van der Waals surface area contributed by atoms with Gasteiger partial charge < -0.3 is 10.6 Å². The van der Waals surface area contributed by atoms with E-state index in [1.165, 1.54) is 19.3 Å². The van der Waals surface area contributed by atoms with E-state index < -0.39 is 0 Å². The van der Waals surface area contributed by atoms with Crippen LogP contribution in [0.4, 0.5) is 0 Å². The summed E-state index contributed by atoms with van der Waals surface area (Å²) < 4.78 is 0. The molecule has 1 amide bonds. The molecular formula is C16H27N3O. The number of hydrogen-bond donors (Lipinski definition) is 2. The Hall–Kier alpha value is -0.610. The monoisotopic (exact) mass is 277 g/mol. The van der Waals surface area contributed by atoms with Crippen molar-refractivity contribution < 1.29 is 4.79 Å². The van der Waals surface area contributed by atoms with Crippen molar-refractivity contribution in [3.05, 3.63) is 0 Å². The van der Waals surface area contributed by atoms with Gasteiger partial charge in [0.1, 0.15) is 0 Å². The van der Waals surface area contributed by atoms with Crippen LogP contribution >= 0.6 is 0 Å². The average molecular weight is 277 g/mol. The lowest BCUT2D eigenvalue weighted by Gasteiger charge is -2.40. The number of amides is 1. The van der Waals surface area contributed by atoms with Crippen LogP contribution in [0, 0.1) is 23.7 Å². The van der Waals surface area contributed by atoms with Crippen LogP contribution in [0.2, 0.25) is 0 Å². The zero-order valence-electron chi connectivity index (χ0n) is 12.7. The number of fused-ring (bicyclic) bond motifs is 5. The van der Waals surface area contributed by atoms with Crippen molar-refractivity contribution in [2.24, 2.45) is 23.7 Å². The Kier molecular flexibility index (Phi) is 2.90. The van der Waals surface area contributed by atoms with Gasteiger partial charge in [0, 0.05) is 32.2 Å². The zero-order chi connectivity index (χ0) is 13.9. The van der Waals surface area contributed by atoms with Crippen molar-refractivity contribution in [2.45, 2.75) is 44.7 Å². The molecule has 4 rings (SSSR count). The molecule has 112 valence electrons. The van der Waals surface area contributed by atoms with E-state index in [2.05, 4.69) is 29.4 Å². The molecule has 0 aromatic carbocycles. The van der Waals surface area contributed by atoms with E-state index in [1.807, 2.05) is 0 Å². The molecule has 1 heterocycles. The maximum atomic E-state index is 12.7. The number of carbonyl (C=O) groups is 1. The van der Waals surface area contributed by atoms with E-state index >= 15 is 0 Å². The van der Waals surface area contributed by atoms with E-state index in [0.717, 1.165) is 49.9 Å². The molecule has 4 atom stereocenters. The van der Waals surface area contributed by atoms with Crippen LogP contribution in [0.3, 0.4) is 0 Å². The van der Waals surface area contributed by atoms with Crippen molar-refractivity contribution in [3.63, 3.8) is 0 Å². The second kappa shape index (κ2) is 4.44. The SMILES string of the molecule is CC(C)(C(=O)NC1C2C3CCC(C3)C12)N1CCNCC1. The number of rotatable bonds is 3. The molecule has 0 aromatic heterocycles. The van der Waals surface area contributed by atoms with Gasteiger partial charge in [-0.2, -0.15) is 0 Å². The Morgan fingerprint density at radius 1 is 1.15 bits per heavy atom. The van der Waals surface area contributed by atoms with Crippen molar-refractivity contribution in [3.8, 4) is 0 Å². The minimum Gasteiger partial charge on any atom is -0.351 e. The highest BCUT2D eigenvalue weighted by Gasteiger charge is 2.65. The number of piperazine rings is 1. The average Bonchev–Trinajstić information content (AvgIpc) is 2.85. The van der Waals surface area contributed by atoms with Crippen molar-refractivity contribution >= 4 is 5.91 Å². The Balaban J connectivity index is 1.38. The number of nitrogens with one attached hydrogen (secondary N) is 2. The van der Waals surface area contributed by atoms with Gasteiger partial charge in [0.2, 0.25) is 5.91 Å². The van der Waals surface area contributed by atoms with Gasteiger partial charge >= 0.3 is 0 Å². The third-order valence-corrected chi connectivity index (χ3v) is 6.50. The highest BCUT2D eigenvalue weighted by atomic mass is 16.2. The van der Waals surface area contributed by atoms with Crippen LogP contribution in [-0.4, -0.2) is 48.6 Å². The Morgan fingerprint density at radius 3 is 2.35 bits per heavy atom. The molecule has 20 heavy (non-hydrogen) atoms. The van der Waals surface area contributed by atoms with Gasteiger partial charge in [-0.05, 0) is 56.8 Å². The largest absolute Gasteiger partial charge is 0.351 e. The Morgan fingerprint density at radius 2 is 1.75 bits per heavy atom.